The number of aromatic nitrogens is 2. The Balaban J connectivity index is 1.91. The van der Waals surface area contributed by atoms with E-state index in [-0.39, 0.29) is 11.6 Å². The molecule has 3 rings (SSSR count). The summed E-state index contributed by atoms with van der Waals surface area (Å²) in [6.45, 7) is 4.15. The average molecular weight is 415 g/mol. The minimum Gasteiger partial charge on any atom is -0.497 e. The number of nitrogens with zero attached hydrogens (tertiary/aromatic N) is 3. The van der Waals surface area contributed by atoms with Crippen LogP contribution in [0.2, 0.25) is 5.02 Å². The first kappa shape index (κ1) is 20.7. The predicted octanol–water partition coefficient (Wildman–Crippen LogP) is 4.21. The van der Waals surface area contributed by atoms with Gasteiger partial charge in [0.15, 0.2) is 0 Å². The molecule has 1 N–H and O–H groups in total. The topological polar surface area (TPSA) is 76.5 Å². The molecule has 0 aliphatic carbocycles. The van der Waals surface area contributed by atoms with E-state index >= 15 is 0 Å². The zero-order chi connectivity index (χ0) is 21.1. The molecular weight excluding hydrogens is 392 g/mol. The van der Waals surface area contributed by atoms with Crippen LogP contribution in [0.1, 0.15) is 25.7 Å². The maximum absolute atomic E-state index is 12.9. The summed E-state index contributed by atoms with van der Waals surface area (Å²) in [5, 5.41) is 3.86. The van der Waals surface area contributed by atoms with Crippen LogP contribution in [0.3, 0.4) is 0 Å². The summed E-state index contributed by atoms with van der Waals surface area (Å²) in [7, 11) is 3.24. The van der Waals surface area contributed by atoms with Gasteiger partial charge in [-0.3, -0.25) is 9.36 Å². The molecule has 0 saturated carbocycles. The van der Waals surface area contributed by atoms with Gasteiger partial charge in [-0.25, -0.2) is 9.78 Å². The van der Waals surface area contributed by atoms with Crippen LogP contribution in [-0.4, -0.2) is 34.1 Å². The van der Waals surface area contributed by atoms with Gasteiger partial charge in [-0.2, -0.15) is 0 Å². The molecule has 1 unspecified atom stereocenters. The van der Waals surface area contributed by atoms with Crippen molar-refractivity contribution < 1.29 is 9.53 Å². The number of hydrogen-bond acceptors (Lipinski definition) is 4. The smallest absolute Gasteiger partial charge is 0.322 e. The average Bonchev–Trinajstić information content (AvgIpc) is 2.71. The van der Waals surface area contributed by atoms with Gasteiger partial charge in [0.1, 0.15) is 11.6 Å². The molecule has 1 aromatic heterocycles. The van der Waals surface area contributed by atoms with Gasteiger partial charge in [0, 0.05) is 24.3 Å². The van der Waals surface area contributed by atoms with Crippen LogP contribution in [0.15, 0.2) is 47.3 Å². The first-order valence-corrected chi connectivity index (χ1v) is 9.61. The third kappa shape index (κ3) is 4.19. The van der Waals surface area contributed by atoms with Crippen molar-refractivity contribution in [1.29, 1.82) is 0 Å². The second-order valence-electron chi connectivity index (χ2n) is 6.62. The number of nitrogens with one attached hydrogen (secondary N) is 1. The molecule has 0 aliphatic heterocycles. The fourth-order valence-corrected chi connectivity index (χ4v) is 3.40. The van der Waals surface area contributed by atoms with E-state index < -0.39 is 6.04 Å². The molecule has 2 amide bonds. The van der Waals surface area contributed by atoms with Gasteiger partial charge in [0.2, 0.25) is 0 Å². The molecule has 1 atom stereocenters. The number of rotatable bonds is 5. The first-order chi connectivity index (χ1) is 13.8. The second-order valence-corrected chi connectivity index (χ2v) is 7.05. The van der Waals surface area contributed by atoms with Crippen LogP contribution in [0.25, 0.3) is 10.9 Å². The van der Waals surface area contributed by atoms with Crippen LogP contribution in [0, 0.1) is 0 Å². The Morgan fingerprint density at radius 2 is 1.97 bits per heavy atom. The summed E-state index contributed by atoms with van der Waals surface area (Å²) >= 11 is 6.06. The van der Waals surface area contributed by atoms with Crippen molar-refractivity contribution in [3.8, 4) is 5.75 Å². The van der Waals surface area contributed by atoms with Crippen molar-refractivity contribution in [2.45, 2.75) is 19.9 Å². The number of hydrogen-bond donors (Lipinski definition) is 1. The SMILES string of the molecule is CCN(C(=O)Nc1ccc(OC)cc1)C(C)c1nc2cc(Cl)ccc2c(=O)n1C. The quantitative estimate of drug-likeness (QED) is 0.678. The zero-order valence-corrected chi connectivity index (χ0v) is 17.5. The zero-order valence-electron chi connectivity index (χ0n) is 16.8. The van der Waals surface area contributed by atoms with Gasteiger partial charge in [0.25, 0.3) is 5.56 Å². The molecule has 0 fully saturated rings. The molecule has 8 heteroatoms. The summed E-state index contributed by atoms with van der Waals surface area (Å²) in [5.41, 5.74) is 0.975. The van der Waals surface area contributed by atoms with Crippen LogP contribution in [0.4, 0.5) is 10.5 Å². The van der Waals surface area contributed by atoms with Gasteiger partial charge < -0.3 is 15.0 Å². The van der Waals surface area contributed by atoms with E-state index in [1.54, 1.807) is 61.5 Å². The first-order valence-electron chi connectivity index (χ1n) is 9.23. The highest BCUT2D eigenvalue weighted by Crippen LogP contribution is 2.22. The van der Waals surface area contributed by atoms with Crippen molar-refractivity contribution in [3.05, 3.63) is 63.7 Å². The maximum atomic E-state index is 12.9. The Labute approximate surface area is 173 Å². The van der Waals surface area contributed by atoms with E-state index in [0.29, 0.717) is 39.7 Å². The van der Waals surface area contributed by atoms with E-state index in [9.17, 15) is 9.59 Å². The van der Waals surface area contributed by atoms with Crippen LogP contribution in [0.5, 0.6) is 5.75 Å². The summed E-state index contributed by atoms with van der Waals surface area (Å²) in [5.74, 6) is 1.19. The van der Waals surface area contributed by atoms with Gasteiger partial charge in [-0.05, 0) is 56.3 Å². The summed E-state index contributed by atoms with van der Waals surface area (Å²) in [4.78, 5) is 31.9. The fourth-order valence-electron chi connectivity index (χ4n) is 3.24. The Bertz CT molecular complexity index is 1100. The molecule has 152 valence electrons. The van der Waals surface area contributed by atoms with E-state index in [2.05, 4.69) is 10.3 Å². The number of carbonyl (C=O) groups is 1. The second kappa shape index (κ2) is 8.53. The maximum Gasteiger partial charge on any atom is 0.322 e. The van der Waals surface area contributed by atoms with Gasteiger partial charge in [0.05, 0.1) is 24.1 Å². The highest BCUT2D eigenvalue weighted by atomic mass is 35.5. The fraction of sp³-hybridized carbons (Fsp3) is 0.286. The van der Waals surface area contributed by atoms with E-state index in [4.69, 9.17) is 16.3 Å². The van der Waals surface area contributed by atoms with Crippen LogP contribution >= 0.6 is 11.6 Å². The van der Waals surface area contributed by atoms with Crippen molar-refractivity contribution in [2.75, 3.05) is 19.0 Å². The predicted molar refractivity (Wildman–Crippen MR) is 115 cm³/mol. The van der Waals surface area contributed by atoms with Crippen LogP contribution < -0.4 is 15.6 Å². The number of ether oxygens (including phenoxy) is 1. The number of halogens is 1. The molecular formula is C21H23ClN4O3. The lowest BCUT2D eigenvalue weighted by molar-refractivity contribution is 0.193. The molecule has 0 aliphatic rings. The molecule has 0 saturated heterocycles. The van der Waals surface area contributed by atoms with E-state index in [1.807, 2.05) is 13.8 Å². The molecule has 3 aromatic rings. The number of amides is 2. The third-order valence-electron chi connectivity index (χ3n) is 4.86. The van der Waals surface area contributed by atoms with Gasteiger partial charge in [-0.15, -0.1) is 0 Å². The molecule has 2 aromatic carbocycles. The minimum absolute atomic E-state index is 0.180. The lowest BCUT2D eigenvalue weighted by Crippen LogP contribution is -2.39. The molecule has 29 heavy (non-hydrogen) atoms. The minimum atomic E-state index is -0.431. The highest BCUT2D eigenvalue weighted by Gasteiger charge is 2.24. The van der Waals surface area contributed by atoms with E-state index in [1.165, 1.54) is 4.57 Å². The summed E-state index contributed by atoms with van der Waals surface area (Å²) < 4.78 is 6.61. The standard InChI is InChI=1S/C21H23ClN4O3/c1-5-26(21(28)23-15-7-9-16(29-4)10-8-15)13(2)19-24-18-12-14(22)6-11-17(18)20(27)25(19)3/h6-13H,5H2,1-4H3,(H,23,28). The Hall–Kier alpha value is -3.06. The summed E-state index contributed by atoms with van der Waals surface area (Å²) in [6, 6.07) is 11.3. The van der Waals surface area contributed by atoms with Crippen LogP contribution in [-0.2, 0) is 7.05 Å². The molecule has 1 heterocycles. The van der Waals surface area contributed by atoms with E-state index in [0.717, 1.165) is 0 Å². The number of benzene rings is 2. The Morgan fingerprint density at radius 1 is 1.28 bits per heavy atom. The lowest BCUT2D eigenvalue weighted by Gasteiger charge is -2.29. The molecule has 0 bridgehead atoms. The number of anilines is 1. The van der Waals surface area contributed by atoms with Gasteiger partial charge in [-0.1, -0.05) is 11.6 Å². The molecule has 0 radical (unpaired) electrons. The number of urea groups is 1. The normalized spacial score (nSPS) is 11.9. The monoisotopic (exact) mass is 414 g/mol. The van der Waals surface area contributed by atoms with Gasteiger partial charge >= 0.3 is 6.03 Å². The van der Waals surface area contributed by atoms with Crippen molar-refractivity contribution in [2.24, 2.45) is 7.05 Å². The van der Waals surface area contributed by atoms with Crippen molar-refractivity contribution in [3.63, 3.8) is 0 Å². The lowest BCUT2D eigenvalue weighted by atomic mass is 10.2. The Kier molecular flexibility index (Phi) is 6.08. The Morgan fingerprint density at radius 3 is 2.59 bits per heavy atom. The molecule has 7 nitrogen and oxygen atoms in total. The molecule has 0 spiro atoms. The third-order valence-corrected chi connectivity index (χ3v) is 5.09. The number of fused-ring (bicyclic) bond motifs is 1. The van der Waals surface area contributed by atoms with Crippen molar-refractivity contribution >= 4 is 34.2 Å². The number of methoxy groups -OCH3 is 1. The van der Waals surface area contributed by atoms with Crippen molar-refractivity contribution in [1.82, 2.24) is 14.5 Å². The number of carbonyl (C=O) groups excluding carboxylic acids is 1. The highest BCUT2D eigenvalue weighted by molar-refractivity contribution is 6.31. The summed E-state index contributed by atoms with van der Waals surface area (Å²) in [6.07, 6.45) is 0. The largest absolute Gasteiger partial charge is 0.497 e.